The molecule has 0 aliphatic heterocycles. The highest BCUT2D eigenvalue weighted by Crippen LogP contribution is 2.45. The van der Waals surface area contributed by atoms with Crippen LogP contribution < -0.4 is 0 Å². The highest BCUT2D eigenvalue weighted by molar-refractivity contribution is 7.47. The van der Waals surface area contributed by atoms with Gasteiger partial charge in [0.25, 0.3) is 0 Å². The first kappa shape index (κ1) is 99.2. The Balaban J connectivity index is 5.45. The van der Waals surface area contributed by atoms with Crippen LogP contribution in [-0.4, -0.2) is 96.7 Å². The molecule has 0 fully saturated rings. The Kier molecular flexibility index (Phi) is 72.9. The van der Waals surface area contributed by atoms with E-state index >= 15 is 0 Å². The van der Waals surface area contributed by atoms with Gasteiger partial charge in [-0.15, -0.1) is 0 Å². The van der Waals surface area contributed by atoms with Crippen LogP contribution in [0.3, 0.4) is 0 Å². The largest absolute Gasteiger partial charge is 0.472 e. The maximum atomic E-state index is 13.1. The summed E-state index contributed by atoms with van der Waals surface area (Å²) < 4.78 is 68.5. The second kappa shape index (κ2) is 76.4. The molecule has 0 spiro atoms. The van der Waals surface area contributed by atoms with E-state index in [1.807, 2.05) is 18.2 Å². The number of aliphatic hydroxyl groups excluding tert-OH is 1. The smallest absolute Gasteiger partial charge is 0.462 e. The third kappa shape index (κ3) is 75.4. The lowest BCUT2D eigenvalue weighted by atomic mass is 10.0. The molecular weight excluding hydrogens is 1350 g/mol. The van der Waals surface area contributed by atoms with Crippen molar-refractivity contribution in [3.63, 3.8) is 0 Å². The fourth-order valence-electron chi connectivity index (χ4n) is 10.6. The van der Waals surface area contributed by atoms with Crippen LogP contribution in [0.4, 0.5) is 0 Å². The summed E-state index contributed by atoms with van der Waals surface area (Å²) in [5, 5.41) is 10.6. The van der Waals surface area contributed by atoms with E-state index in [1.54, 1.807) is 6.08 Å². The molecule has 0 aromatic rings. The van der Waals surface area contributed by atoms with Crippen molar-refractivity contribution in [2.24, 2.45) is 0 Å². The maximum Gasteiger partial charge on any atom is 0.472 e. The minimum atomic E-state index is -5.00. The van der Waals surface area contributed by atoms with Gasteiger partial charge < -0.3 is 33.8 Å². The highest BCUT2D eigenvalue weighted by Gasteiger charge is 2.30. The SMILES string of the molecule is CC/C=C\C/C=C\C/C=C\C/C=C\C/C=C\CCCCCC(=O)OCC(COP(=O)(O)OCC(O)COP(=O)(O)OCC(COC(=O)C/C=C\C/C=C\C/C=C\C/C=C\C/C=C\CC)OC(=O)CCCCCCCCCCCCCCCCC)OC(=O)CCCCCCC/C=C\CCCCCCCC. The van der Waals surface area contributed by atoms with Crippen molar-refractivity contribution in [2.45, 2.75) is 341 Å². The average Bonchev–Trinajstić information content (AvgIpc) is 0.918. The zero-order valence-electron chi connectivity index (χ0n) is 65.2. The number of ether oxygens (including phenoxy) is 4. The second-order valence-electron chi connectivity index (χ2n) is 26.6. The van der Waals surface area contributed by atoms with Crippen molar-refractivity contribution < 1.29 is 80.2 Å². The van der Waals surface area contributed by atoms with E-state index in [0.29, 0.717) is 25.7 Å². The molecule has 104 heavy (non-hydrogen) atoms. The zero-order chi connectivity index (χ0) is 76.0. The summed E-state index contributed by atoms with van der Waals surface area (Å²) in [6.07, 6.45) is 86.0. The van der Waals surface area contributed by atoms with Crippen LogP contribution in [0, 0.1) is 0 Å². The van der Waals surface area contributed by atoms with Crippen molar-refractivity contribution in [3.05, 3.63) is 134 Å². The molecule has 0 amide bonds. The number of carbonyl (C=O) groups excluding carboxylic acids is 4. The molecule has 0 saturated carbocycles. The number of allylic oxidation sites excluding steroid dienone is 21. The minimum absolute atomic E-state index is 0.0715. The van der Waals surface area contributed by atoms with Crippen LogP contribution in [0.1, 0.15) is 323 Å². The normalized spacial score (nSPS) is 14.6. The molecular formula is C85H144O17P2. The molecule has 0 aromatic heterocycles. The summed E-state index contributed by atoms with van der Waals surface area (Å²) in [6, 6.07) is 0. The Morgan fingerprint density at radius 2 is 0.538 bits per heavy atom. The van der Waals surface area contributed by atoms with Gasteiger partial charge in [0.05, 0.1) is 32.8 Å². The van der Waals surface area contributed by atoms with Gasteiger partial charge in [-0.05, 0) is 122 Å². The topological polar surface area (TPSA) is 237 Å². The molecule has 596 valence electrons. The van der Waals surface area contributed by atoms with Gasteiger partial charge in [-0.1, -0.05) is 309 Å². The predicted molar refractivity (Wildman–Crippen MR) is 427 cm³/mol. The summed E-state index contributed by atoms with van der Waals surface area (Å²) in [4.78, 5) is 73.0. The number of hydrogen-bond donors (Lipinski definition) is 3. The maximum absolute atomic E-state index is 13.1. The third-order valence-corrected chi connectivity index (χ3v) is 18.5. The van der Waals surface area contributed by atoms with E-state index in [0.717, 1.165) is 141 Å². The molecule has 0 saturated heterocycles. The Hall–Kier alpha value is -4.80. The molecule has 3 N–H and O–H groups in total. The van der Waals surface area contributed by atoms with E-state index in [-0.39, 0.29) is 25.7 Å². The van der Waals surface area contributed by atoms with Crippen LogP contribution in [0.15, 0.2) is 134 Å². The number of phosphoric ester groups is 2. The van der Waals surface area contributed by atoms with Crippen LogP contribution in [0.5, 0.6) is 0 Å². The van der Waals surface area contributed by atoms with E-state index in [4.69, 9.17) is 37.0 Å². The second-order valence-corrected chi connectivity index (χ2v) is 29.5. The number of carbonyl (C=O) groups is 4. The highest BCUT2D eigenvalue weighted by atomic mass is 31.2. The Bertz CT molecular complexity index is 2490. The predicted octanol–water partition coefficient (Wildman–Crippen LogP) is 23.7. The quantitative estimate of drug-likeness (QED) is 0.0169. The van der Waals surface area contributed by atoms with Gasteiger partial charge in [0.2, 0.25) is 0 Å². The molecule has 0 aliphatic carbocycles. The van der Waals surface area contributed by atoms with E-state index in [1.165, 1.54) is 103 Å². The molecule has 0 heterocycles. The van der Waals surface area contributed by atoms with Crippen molar-refractivity contribution in [3.8, 4) is 0 Å². The van der Waals surface area contributed by atoms with Gasteiger partial charge in [-0.3, -0.25) is 37.3 Å². The molecule has 0 bridgehead atoms. The molecule has 0 aliphatic rings. The molecule has 0 aromatic carbocycles. The van der Waals surface area contributed by atoms with Gasteiger partial charge in [0.1, 0.15) is 19.3 Å². The van der Waals surface area contributed by atoms with Crippen LogP contribution in [-0.2, 0) is 65.4 Å². The lowest BCUT2D eigenvalue weighted by molar-refractivity contribution is -0.161. The molecule has 17 nitrogen and oxygen atoms in total. The summed E-state index contributed by atoms with van der Waals surface area (Å²) in [6.45, 7) is 4.51. The molecule has 5 atom stereocenters. The standard InChI is InChI=1S/C85H144O17P2/c1-5-9-13-17-21-25-29-33-37-38-39-40-44-46-50-54-58-62-66-70-83(88)96-76-81(102-85(90)72-68-64-60-56-52-48-43-36-32-28-24-20-16-12-8-4)78-100-104(93,94)98-74-79(86)73-97-103(91,92)99-77-80(101-84(89)71-67-63-59-55-51-47-42-35-31-27-23-19-15-11-7-3)75-95-82(87)69-65-61-57-53-49-45-41-34-30-26-22-18-14-10-6-2/h9-10,13-14,21-22,25-26,33-34,36-37,39-41,43,46,49-50,53,61,65,79-81,86H,5-8,11-12,15-20,23-24,27-32,35,38,42,44-45,47-48,51-52,54-60,62-64,66-78H2,1-4H3,(H,91,92)(H,93,94)/b13-9-,14-10-,25-21-,26-22-,37-33-,40-39-,41-34-,43-36-,50-46-,53-49-,65-61-. The van der Waals surface area contributed by atoms with Crippen molar-refractivity contribution in [1.29, 1.82) is 0 Å². The molecule has 0 radical (unpaired) electrons. The number of esters is 4. The van der Waals surface area contributed by atoms with Gasteiger partial charge in [-0.25, -0.2) is 9.13 Å². The third-order valence-electron chi connectivity index (χ3n) is 16.6. The van der Waals surface area contributed by atoms with Gasteiger partial charge >= 0.3 is 39.5 Å². The first-order chi connectivity index (χ1) is 50.7. The summed E-state index contributed by atoms with van der Waals surface area (Å²) in [5.74, 6) is -2.36. The number of phosphoric acid groups is 2. The number of hydrogen-bond acceptors (Lipinski definition) is 15. The monoisotopic (exact) mass is 1500 g/mol. The Labute approximate surface area is 631 Å². The van der Waals surface area contributed by atoms with Gasteiger partial charge in [-0.2, -0.15) is 0 Å². The van der Waals surface area contributed by atoms with Crippen molar-refractivity contribution in [2.75, 3.05) is 39.6 Å². The van der Waals surface area contributed by atoms with E-state index < -0.39 is 97.5 Å². The fraction of sp³-hybridized carbons (Fsp3) is 0.694. The molecule has 5 unspecified atom stereocenters. The number of unbranched alkanes of at least 4 members (excludes halogenated alkanes) is 28. The Morgan fingerprint density at radius 3 is 0.875 bits per heavy atom. The van der Waals surface area contributed by atoms with Crippen LogP contribution >= 0.6 is 15.6 Å². The molecule has 19 heteroatoms. The fourth-order valence-corrected chi connectivity index (χ4v) is 12.1. The van der Waals surface area contributed by atoms with Gasteiger partial charge in [0, 0.05) is 19.3 Å². The Morgan fingerprint density at radius 1 is 0.288 bits per heavy atom. The lowest BCUT2D eigenvalue weighted by Crippen LogP contribution is -2.30. The zero-order valence-corrected chi connectivity index (χ0v) is 66.9. The lowest BCUT2D eigenvalue weighted by Gasteiger charge is -2.21. The van der Waals surface area contributed by atoms with E-state index in [9.17, 15) is 43.2 Å². The van der Waals surface area contributed by atoms with Crippen molar-refractivity contribution >= 4 is 39.5 Å². The van der Waals surface area contributed by atoms with Gasteiger partial charge in [0.15, 0.2) is 12.2 Å². The van der Waals surface area contributed by atoms with Crippen molar-refractivity contribution in [1.82, 2.24) is 0 Å². The molecule has 0 rings (SSSR count). The first-order valence-corrected chi connectivity index (χ1v) is 43.4. The van der Waals surface area contributed by atoms with Crippen LogP contribution in [0.25, 0.3) is 0 Å². The summed E-state index contributed by atoms with van der Waals surface area (Å²) >= 11 is 0. The number of rotatable bonds is 75. The van der Waals surface area contributed by atoms with E-state index in [2.05, 4.69) is 137 Å². The first-order valence-electron chi connectivity index (χ1n) is 40.4. The number of aliphatic hydroxyl groups is 1. The summed E-state index contributed by atoms with van der Waals surface area (Å²) in [7, 11) is -10.00. The minimum Gasteiger partial charge on any atom is -0.462 e. The average molecular weight is 1500 g/mol. The van der Waals surface area contributed by atoms with Crippen LogP contribution in [0.2, 0.25) is 0 Å². The summed E-state index contributed by atoms with van der Waals surface area (Å²) in [5.41, 5.74) is 0.